The number of rotatable bonds is 13. The minimum absolute atomic E-state index is 0.00886. The van der Waals surface area contributed by atoms with Crippen LogP contribution in [0.15, 0.2) is 91.0 Å². The minimum Gasteiger partial charge on any atom is -0.466 e. The number of carbonyl (C=O) groups is 3. The molecule has 0 saturated heterocycles. The molecular weight excluding hydrogens is 505 g/mol. The van der Waals surface area contributed by atoms with Crippen molar-refractivity contribution in [2.24, 2.45) is 0 Å². The Balaban J connectivity index is 1.74. The van der Waals surface area contributed by atoms with E-state index in [1.807, 2.05) is 36.4 Å². The molecule has 0 saturated carbocycles. The van der Waals surface area contributed by atoms with E-state index in [0.29, 0.717) is 10.9 Å². The van der Waals surface area contributed by atoms with Gasteiger partial charge in [-0.25, -0.2) is 4.79 Å². The van der Waals surface area contributed by atoms with Gasteiger partial charge in [0.15, 0.2) is 0 Å². The van der Waals surface area contributed by atoms with E-state index in [2.05, 4.69) is 15.7 Å². The summed E-state index contributed by atoms with van der Waals surface area (Å²) in [6.07, 6.45) is -0.742. The third-order valence-electron chi connectivity index (χ3n) is 5.50. The molecule has 2 unspecified atom stereocenters. The molecule has 10 heteroatoms. The van der Waals surface area contributed by atoms with Crippen LogP contribution in [-0.4, -0.2) is 37.7 Å². The second-order valence-corrected chi connectivity index (χ2v) is 10.9. The monoisotopic (exact) mass is 537 g/mol. The van der Waals surface area contributed by atoms with Gasteiger partial charge in [0, 0.05) is 11.8 Å². The molecule has 38 heavy (non-hydrogen) atoms. The number of alkyl carbamates (subject to hydrolysis) is 1. The second-order valence-electron chi connectivity index (χ2n) is 8.25. The van der Waals surface area contributed by atoms with Crippen LogP contribution in [0, 0.1) is 0 Å². The highest BCUT2D eigenvalue weighted by atomic mass is 31.2. The van der Waals surface area contributed by atoms with Crippen molar-refractivity contribution in [3.63, 3.8) is 0 Å². The lowest BCUT2D eigenvalue weighted by Gasteiger charge is -2.30. The average molecular weight is 538 g/mol. The number of amides is 2. The Kier molecular flexibility index (Phi) is 11.1. The first-order valence-corrected chi connectivity index (χ1v) is 14.0. The standard InChI is InChI=1S/C28H32N3O6P/c1-2-36-26(33)18-19-30-38(35,24-16-10-5-11-17-24)27(23-14-8-4-9-15-23)31-25(32)20-29-28(34)37-21-22-12-6-3-7-13-22/h3-17,27H,2,18-21H2,1H3,(H,29,34)(H,30,35)(H,31,32). The fourth-order valence-electron chi connectivity index (χ4n) is 3.69. The Morgan fingerprint density at radius 1 is 0.842 bits per heavy atom. The van der Waals surface area contributed by atoms with Gasteiger partial charge in [0.05, 0.1) is 13.0 Å². The molecule has 0 radical (unpaired) electrons. The summed E-state index contributed by atoms with van der Waals surface area (Å²) in [6.45, 7) is 1.72. The van der Waals surface area contributed by atoms with Crippen molar-refractivity contribution in [3.05, 3.63) is 102 Å². The molecule has 200 valence electrons. The van der Waals surface area contributed by atoms with E-state index in [4.69, 9.17) is 9.47 Å². The maximum Gasteiger partial charge on any atom is 0.407 e. The number of nitrogens with one attached hydrogen (secondary N) is 3. The molecule has 0 aliphatic heterocycles. The van der Waals surface area contributed by atoms with E-state index < -0.39 is 31.0 Å². The van der Waals surface area contributed by atoms with E-state index in [-0.39, 0.29) is 32.7 Å². The lowest BCUT2D eigenvalue weighted by molar-refractivity contribution is -0.142. The normalized spacial score (nSPS) is 13.0. The molecule has 9 nitrogen and oxygen atoms in total. The fraction of sp³-hybridized carbons (Fsp3) is 0.250. The zero-order chi connectivity index (χ0) is 27.2. The largest absolute Gasteiger partial charge is 0.466 e. The fourth-order valence-corrected chi connectivity index (χ4v) is 6.33. The quantitative estimate of drug-likeness (QED) is 0.223. The van der Waals surface area contributed by atoms with Crippen molar-refractivity contribution < 1.29 is 28.4 Å². The van der Waals surface area contributed by atoms with E-state index in [1.165, 1.54) is 0 Å². The van der Waals surface area contributed by atoms with Crippen LogP contribution in [0.5, 0.6) is 0 Å². The minimum atomic E-state index is -3.57. The highest BCUT2D eigenvalue weighted by molar-refractivity contribution is 7.70. The van der Waals surface area contributed by atoms with Gasteiger partial charge in [-0.15, -0.1) is 0 Å². The molecule has 0 aliphatic rings. The smallest absolute Gasteiger partial charge is 0.407 e. The Labute approximate surface area is 222 Å². The van der Waals surface area contributed by atoms with Gasteiger partial charge in [0.25, 0.3) is 0 Å². The van der Waals surface area contributed by atoms with Crippen LogP contribution in [0.3, 0.4) is 0 Å². The topological polar surface area (TPSA) is 123 Å². The van der Waals surface area contributed by atoms with Crippen LogP contribution in [0.4, 0.5) is 4.79 Å². The number of esters is 1. The van der Waals surface area contributed by atoms with E-state index in [0.717, 1.165) is 5.56 Å². The van der Waals surface area contributed by atoms with Gasteiger partial charge in [-0.2, -0.15) is 0 Å². The zero-order valence-electron chi connectivity index (χ0n) is 21.2. The number of hydrogen-bond donors (Lipinski definition) is 3. The summed E-state index contributed by atoms with van der Waals surface area (Å²) in [4.78, 5) is 37.0. The summed E-state index contributed by atoms with van der Waals surface area (Å²) in [5.41, 5.74) is 1.41. The molecular formula is C28H32N3O6P. The molecule has 0 aromatic heterocycles. The van der Waals surface area contributed by atoms with Crippen LogP contribution >= 0.6 is 7.29 Å². The lowest BCUT2D eigenvalue weighted by Crippen LogP contribution is -2.41. The van der Waals surface area contributed by atoms with Gasteiger partial charge in [-0.1, -0.05) is 91.0 Å². The third kappa shape index (κ3) is 8.57. The van der Waals surface area contributed by atoms with Crippen LogP contribution < -0.4 is 21.0 Å². The summed E-state index contributed by atoms with van der Waals surface area (Å²) in [6, 6.07) is 26.8. The second kappa shape index (κ2) is 14.7. The van der Waals surface area contributed by atoms with E-state index in [1.54, 1.807) is 61.5 Å². The van der Waals surface area contributed by atoms with Gasteiger partial charge in [-0.05, 0) is 18.1 Å². The van der Waals surface area contributed by atoms with Gasteiger partial charge < -0.3 is 20.1 Å². The van der Waals surface area contributed by atoms with Gasteiger partial charge in [-0.3, -0.25) is 19.2 Å². The van der Waals surface area contributed by atoms with Gasteiger partial charge >= 0.3 is 12.1 Å². The molecule has 3 rings (SSSR count). The van der Waals surface area contributed by atoms with Gasteiger partial charge in [0.2, 0.25) is 13.2 Å². The van der Waals surface area contributed by atoms with E-state index >= 15 is 0 Å². The van der Waals surface area contributed by atoms with Crippen molar-refractivity contribution in [1.82, 2.24) is 15.7 Å². The van der Waals surface area contributed by atoms with Crippen LogP contribution in [-0.2, 0) is 30.2 Å². The number of carbonyl (C=O) groups excluding carboxylic acids is 3. The SMILES string of the molecule is CCOC(=O)CCNP(=O)(c1ccccc1)C(NC(=O)CNC(=O)OCc1ccccc1)c1ccccc1. The average Bonchev–Trinajstić information content (AvgIpc) is 2.95. The summed E-state index contributed by atoms with van der Waals surface area (Å²) < 4.78 is 24.7. The van der Waals surface area contributed by atoms with Crippen molar-refractivity contribution in [3.8, 4) is 0 Å². The summed E-state index contributed by atoms with van der Waals surface area (Å²) in [5.74, 6) is -1.94. The van der Waals surface area contributed by atoms with Crippen molar-refractivity contribution in [1.29, 1.82) is 0 Å². The number of hydrogen-bond acceptors (Lipinski definition) is 6. The van der Waals surface area contributed by atoms with E-state index in [9.17, 15) is 18.9 Å². The molecule has 2 atom stereocenters. The third-order valence-corrected chi connectivity index (χ3v) is 8.42. The molecule has 0 aliphatic carbocycles. The first-order valence-electron chi connectivity index (χ1n) is 12.3. The molecule has 0 spiro atoms. The lowest BCUT2D eigenvalue weighted by atomic mass is 10.2. The van der Waals surface area contributed by atoms with Crippen molar-refractivity contribution in [2.45, 2.75) is 25.7 Å². The maximum absolute atomic E-state index is 14.6. The molecule has 0 bridgehead atoms. The number of benzene rings is 3. The molecule has 3 aromatic carbocycles. The first kappa shape index (κ1) is 28.6. The van der Waals surface area contributed by atoms with Crippen LogP contribution in [0.1, 0.15) is 30.3 Å². The highest BCUT2D eigenvalue weighted by Crippen LogP contribution is 2.53. The molecule has 0 fully saturated rings. The highest BCUT2D eigenvalue weighted by Gasteiger charge is 2.37. The predicted molar refractivity (Wildman–Crippen MR) is 145 cm³/mol. The predicted octanol–water partition coefficient (Wildman–Crippen LogP) is 3.87. The summed E-state index contributed by atoms with van der Waals surface area (Å²) in [5, 5.41) is 8.76. The molecule has 3 N–H and O–H groups in total. The molecule has 0 heterocycles. The summed E-state index contributed by atoms with van der Waals surface area (Å²) in [7, 11) is -3.57. The Morgan fingerprint density at radius 2 is 1.45 bits per heavy atom. The molecule has 2 amide bonds. The summed E-state index contributed by atoms with van der Waals surface area (Å²) >= 11 is 0. The van der Waals surface area contributed by atoms with Gasteiger partial charge in [0.1, 0.15) is 18.9 Å². The maximum atomic E-state index is 14.6. The Bertz CT molecular complexity index is 1230. The number of ether oxygens (including phenoxy) is 2. The Hall–Kier alpha value is -3.94. The van der Waals surface area contributed by atoms with Crippen molar-refractivity contribution >= 4 is 30.6 Å². The Morgan fingerprint density at radius 3 is 2.08 bits per heavy atom. The molecule has 3 aromatic rings. The first-order chi connectivity index (χ1) is 18.4. The van der Waals surface area contributed by atoms with Crippen LogP contribution in [0.2, 0.25) is 0 Å². The van der Waals surface area contributed by atoms with Crippen molar-refractivity contribution in [2.75, 3.05) is 19.7 Å². The zero-order valence-corrected chi connectivity index (χ0v) is 22.1. The van der Waals surface area contributed by atoms with Crippen LogP contribution in [0.25, 0.3) is 0 Å².